The second-order valence-corrected chi connectivity index (χ2v) is 3.59. The molecule has 16 heavy (non-hydrogen) atoms. The molecular weight excluding hydrogens is 224 g/mol. The molecule has 0 radical (unpaired) electrons. The molecule has 1 unspecified atom stereocenters. The van der Waals surface area contributed by atoms with E-state index in [4.69, 9.17) is 25.6 Å². The zero-order valence-corrected chi connectivity index (χ0v) is 8.76. The molecule has 1 aliphatic carbocycles. The van der Waals surface area contributed by atoms with Crippen LogP contribution in [0.4, 0.5) is 0 Å². The highest BCUT2D eigenvalue weighted by Crippen LogP contribution is 2.31. The summed E-state index contributed by atoms with van der Waals surface area (Å²) >= 11 is 0. The Hall–Kier alpha value is -0.360. The predicted molar refractivity (Wildman–Crippen MR) is 45.2 cm³/mol. The zero-order chi connectivity index (χ0) is 12.1. The maximum atomic E-state index is 8.52. The van der Waals surface area contributed by atoms with Crippen molar-refractivity contribution in [3.63, 3.8) is 0 Å². The normalized spacial score (nSPS) is 30.6. The highest BCUT2D eigenvalue weighted by atomic mass is 17.1. The maximum Gasteiger partial charge on any atom is 0.113 e. The number of ether oxygens (including phenoxy) is 1. The van der Waals surface area contributed by atoms with Crippen molar-refractivity contribution in [2.24, 2.45) is 5.92 Å². The predicted octanol–water partition coefficient (Wildman–Crippen LogP) is -0.196. The summed E-state index contributed by atoms with van der Waals surface area (Å²) in [5.74, 6) is 0.0832. The number of rotatable bonds is 6. The van der Waals surface area contributed by atoms with Gasteiger partial charge in [0.25, 0.3) is 0 Å². The van der Waals surface area contributed by atoms with Crippen LogP contribution in [0.15, 0.2) is 0 Å². The third-order valence-electron chi connectivity index (χ3n) is 2.41. The van der Waals surface area contributed by atoms with Crippen LogP contribution in [0.5, 0.6) is 0 Å². The van der Waals surface area contributed by atoms with E-state index in [1.54, 1.807) is 7.11 Å². The smallest absolute Gasteiger partial charge is 0.113 e. The molecule has 0 aromatic heterocycles. The van der Waals surface area contributed by atoms with Gasteiger partial charge in [-0.05, 0) is 18.8 Å². The van der Waals surface area contributed by atoms with Crippen LogP contribution in [0.1, 0.15) is 12.8 Å². The molecule has 4 N–H and O–H groups in total. The van der Waals surface area contributed by atoms with E-state index in [-0.39, 0.29) is 5.92 Å². The van der Waals surface area contributed by atoms with Gasteiger partial charge in [-0.1, -0.05) is 0 Å². The van der Waals surface area contributed by atoms with Crippen molar-refractivity contribution >= 4 is 0 Å². The lowest BCUT2D eigenvalue weighted by Crippen LogP contribution is -2.35. The second kappa shape index (κ2) is 6.39. The molecule has 0 spiro atoms. The van der Waals surface area contributed by atoms with E-state index in [9.17, 15) is 0 Å². The Morgan fingerprint density at radius 1 is 1.00 bits per heavy atom. The van der Waals surface area contributed by atoms with Crippen LogP contribution in [0.3, 0.4) is 0 Å². The summed E-state index contributed by atoms with van der Waals surface area (Å²) in [7, 11) is 1.54. The summed E-state index contributed by atoms with van der Waals surface area (Å²) < 4.78 is 4.94. The summed E-state index contributed by atoms with van der Waals surface area (Å²) in [6, 6.07) is 0. The molecule has 1 fully saturated rings. The number of methoxy groups -OCH3 is 1. The van der Waals surface area contributed by atoms with Gasteiger partial charge >= 0.3 is 0 Å². The molecule has 1 rings (SSSR count). The van der Waals surface area contributed by atoms with Crippen LogP contribution in [-0.4, -0.2) is 57.5 Å². The Kier molecular flexibility index (Phi) is 5.48. The van der Waals surface area contributed by atoms with Gasteiger partial charge in [-0.25, -0.2) is 9.68 Å². The van der Waals surface area contributed by atoms with Gasteiger partial charge < -0.3 is 4.74 Å². The van der Waals surface area contributed by atoms with E-state index < -0.39 is 23.0 Å². The number of hydrogen-bond acceptors (Lipinski definition) is 9. The third kappa shape index (κ3) is 4.25. The fraction of sp³-hybridized carbons (Fsp3) is 1.00. The van der Waals surface area contributed by atoms with Gasteiger partial charge in [0.2, 0.25) is 0 Å². The first-order valence-electron chi connectivity index (χ1n) is 4.71. The Bertz CT molecular complexity index is 185. The van der Waals surface area contributed by atoms with Crippen LogP contribution in [-0.2, 0) is 14.4 Å². The molecule has 0 aliphatic heterocycles. The molecule has 0 amide bonds. The molecule has 0 aromatic carbocycles. The zero-order valence-electron chi connectivity index (χ0n) is 8.76. The summed E-state index contributed by atoms with van der Waals surface area (Å²) in [5, 5.41) is 33.2. The van der Waals surface area contributed by atoms with E-state index in [0.717, 1.165) is 0 Å². The summed E-state index contributed by atoms with van der Waals surface area (Å²) in [6.45, 7) is 0.452. The van der Waals surface area contributed by atoms with Gasteiger partial charge in [-0.15, -0.1) is 0 Å². The summed E-state index contributed by atoms with van der Waals surface area (Å²) in [4.78, 5) is 9.23. The van der Waals surface area contributed by atoms with Crippen LogP contribution in [0, 0.1) is 5.92 Å². The lowest BCUT2D eigenvalue weighted by Gasteiger charge is -2.20. The molecular formula is C7H16N2O7. The van der Waals surface area contributed by atoms with Crippen molar-refractivity contribution in [2.75, 3.05) is 13.7 Å². The summed E-state index contributed by atoms with van der Waals surface area (Å²) in [6.07, 6.45) is -0.498. The standard InChI is InChI=1S/C7H16N2O7/c1-14-4-5-2-6(15-8(10)11)7(3-5)16-9(12)13/h5-7,10-13H,2-4H2,1H3/t5?,6-,7+. The average Bonchev–Trinajstić information content (AvgIpc) is 2.46. The molecule has 0 saturated heterocycles. The van der Waals surface area contributed by atoms with Gasteiger partial charge in [0.1, 0.15) is 12.2 Å². The van der Waals surface area contributed by atoms with Crippen molar-refractivity contribution in [1.29, 1.82) is 0 Å². The van der Waals surface area contributed by atoms with Gasteiger partial charge in [-0.2, -0.15) is 0 Å². The second-order valence-electron chi connectivity index (χ2n) is 3.59. The largest absolute Gasteiger partial charge is 0.384 e. The first kappa shape index (κ1) is 13.7. The van der Waals surface area contributed by atoms with Gasteiger partial charge in [-0.3, -0.25) is 20.8 Å². The van der Waals surface area contributed by atoms with Crippen molar-refractivity contribution in [2.45, 2.75) is 25.0 Å². The first-order valence-corrected chi connectivity index (χ1v) is 4.71. The number of nitrogens with zero attached hydrogens (tertiary/aromatic N) is 2. The Morgan fingerprint density at radius 2 is 1.44 bits per heavy atom. The van der Waals surface area contributed by atoms with E-state index in [0.29, 0.717) is 19.4 Å². The van der Waals surface area contributed by atoms with Gasteiger partial charge in [0.05, 0.1) is 10.8 Å². The quantitative estimate of drug-likeness (QED) is 0.468. The van der Waals surface area contributed by atoms with Crippen molar-refractivity contribution in [1.82, 2.24) is 10.8 Å². The third-order valence-corrected chi connectivity index (χ3v) is 2.41. The minimum atomic E-state index is -0.697. The fourth-order valence-electron chi connectivity index (χ4n) is 1.89. The average molecular weight is 240 g/mol. The molecule has 3 atom stereocenters. The Morgan fingerprint density at radius 3 is 1.75 bits per heavy atom. The minimum absolute atomic E-state index is 0.0832. The monoisotopic (exact) mass is 240 g/mol. The lowest BCUT2D eigenvalue weighted by molar-refractivity contribution is -0.535. The SMILES string of the molecule is COCC1C[C@H](ON(O)O)[C@H](ON(O)O)C1. The molecule has 1 saturated carbocycles. The Labute approximate surface area is 91.7 Å². The summed E-state index contributed by atoms with van der Waals surface area (Å²) in [5.41, 5.74) is 0. The van der Waals surface area contributed by atoms with Gasteiger partial charge in [0, 0.05) is 13.7 Å². The van der Waals surface area contributed by atoms with E-state index in [1.807, 2.05) is 0 Å². The lowest BCUT2D eigenvalue weighted by atomic mass is 10.1. The van der Waals surface area contributed by atoms with Crippen LogP contribution >= 0.6 is 0 Å². The van der Waals surface area contributed by atoms with E-state index in [1.165, 1.54) is 0 Å². The van der Waals surface area contributed by atoms with E-state index >= 15 is 0 Å². The molecule has 1 aliphatic rings. The highest BCUT2D eigenvalue weighted by Gasteiger charge is 2.38. The topological polar surface area (TPSA) is 115 Å². The van der Waals surface area contributed by atoms with E-state index in [2.05, 4.69) is 9.68 Å². The van der Waals surface area contributed by atoms with Crippen LogP contribution < -0.4 is 0 Å². The molecule has 9 nitrogen and oxygen atoms in total. The fourth-order valence-corrected chi connectivity index (χ4v) is 1.89. The maximum absolute atomic E-state index is 8.52. The molecule has 9 heteroatoms. The molecule has 0 heterocycles. The first-order chi connectivity index (χ1) is 7.52. The van der Waals surface area contributed by atoms with Crippen molar-refractivity contribution in [3.8, 4) is 0 Å². The molecule has 0 bridgehead atoms. The van der Waals surface area contributed by atoms with Crippen molar-refractivity contribution < 1.29 is 35.2 Å². The van der Waals surface area contributed by atoms with Crippen molar-refractivity contribution in [3.05, 3.63) is 0 Å². The number of hydrogen-bond donors (Lipinski definition) is 4. The molecule has 96 valence electrons. The van der Waals surface area contributed by atoms with Crippen LogP contribution in [0.25, 0.3) is 0 Å². The van der Waals surface area contributed by atoms with Crippen LogP contribution in [0.2, 0.25) is 0 Å². The molecule has 0 aromatic rings. The van der Waals surface area contributed by atoms with Gasteiger partial charge in [0.15, 0.2) is 0 Å². The minimum Gasteiger partial charge on any atom is -0.384 e. The Balaban J connectivity index is 2.49. The highest BCUT2D eigenvalue weighted by molar-refractivity contribution is 4.84.